The van der Waals surface area contributed by atoms with E-state index in [1.165, 1.54) is 16.2 Å². The fourth-order valence-corrected chi connectivity index (χ4v) is 4.67. The summed E-state index contributed by atoms with van der Waals surface area (Å²) < 4.78 is 0.906. The number of hydrogen-bond acceptors (Lipinski definition) is 4. The van der Waals surface area contributed by atoms with Crippen molar-refractivity contribution in [2.75, 3.05) is 6.61 Å². The standard InChI is InChI=1S/C17H16BrClN2O3S/c1-9(21-7-14-12(17(21)24)6-15(18)25-14)16(23)20-13(8-22)10-3-2-4-11(19)5-10/h2-6,9,13,22H,7-8H2,1H3,(H,20,23)/t9-,13?/m1/s1. The maximum absolute atomic E-state index is 12.6. The fourth-order valence-electron chi connectivity index (χ4n) is 2.78. The molecule has 5 nitrogen and oxygen atoms in total. The second-order valence-corrected chi connectivity index (χ2v) is 8.75. The van der Waals surface area contributed by atoms with E-state index >= 15 is 0 Å². The van der Waals surface area contributed by atoms with Crippen LogP contribution in [-0.4, -0.2) is 34.5 Å². The van der Waals surface area contributed by atoms with Crippen LogP contribution >= 0.6 is 38.9 Å². The average molecular weight is 444 g/mol. The maximum Gasteiger partial charge on any atom is 0.256 e. The van der Waals surface area contributed by atoms with E-state index in [2.05, 4.69) is 21.2 Å². The molecule has 8 heteroatoms. The zero-order valence-corrected chi connectivity index (χ0v) is 16.5. The molecule has 0 spiro atoms. The molecular weight excluding hydrogens is 428 g/mol. The Morgan fingerprint density at radius 3 is 2.88 bits per heavy atom. The third kappa shape index (κ3) is 3.74. The minimum atomic E-state index is -0.640. The molecule has 1 unspecified atom stereocenters. The Kier molecular flexibility index (Phi) is 5.48. The molecule has 3 rings (SSSR count). The largest absolute Gasteiger partial charge is 0.394 e. The van der Waals surface area contributed by atoms with Crippen LogP contribution in [0.1, 0.15) is 33.8 Å². The monoisotopic (exact) mass is 442 g/mol. The average Bonchev–Trinajstić information content (AvgIpc) is 3.09. The van der Waals surface area contributed by atoms with Crippen molar-refractivity contribution in [2.24, 2.45) is 0 Å². The third-order valence-corrected chi connectivity index (χ3v) is 6.04. The lowest BCUT2D eigenvalue weighted by Crippen LogP contribution is -2.46. The maximum atomic E-state index is 12.6. The predicted molar refractivity (Wildman–Crippen MR) is 101 cm³/mol. The molecule has 1 aliphatic heterocycles. The van der Waals surface area contributed by atoms with Gasteiger partial charge in [0.25, 0.3) is 5.91 Å². The van der Waals surface area contributed by atoms with Gasteiger partial charge < -0.3 is 15.3 Å². The quantitative estimate of drug-likeness (QED) is 0.744. The number of nitrogens with one attached hydrogen (secondary N) is 1. The van der Waals surface area contributed by atoms with Crippen LogP contribution in [0.15, 0.2) is 34.1 Å². The number of rotatable bonds is 5. The Balaban J connectivity index is 1.70. The van der Waals surface area contributed by atoms with Gasteiger partial charge in [-0.1, -0.05) is 23.7 Å². The van der Waals surface area contributed by atoms with E-state index in [9.17, 15) is 14.7 Å². The first-order chi connectivity index (χ1) is 11.9. The summed E-state index contributed by atoms with van der Waals surface area (Å²) in [4.78, 5) is 27.6. The number of thiophene rings is 1. The van der Waals surface area contributed by atoms with Gasteiger partial charge in [-0.2, -0.15) is 0 Å². The van der Waals surface area contributed by atoms with Crippen molar-refractivity contribution >= 4 is 50.7 Å². The first kappa shape index (κ1) is 18.4. The molecule has 0 saturated carbocycles. The zero-order chi connectivity index (χ0) is 18.1. The summed E-state index contributed by atoms with van der Waals surface area (Å²) in [5, 5.41) is 12.9. The van der Waals surface area contributed by atoms with Gasteiger partial charge in [-0.3, -0.25) is 9.59 Å². The molecule has 25 heavy (non-hydrogen) atoms. The molecule has 2 amide bonds. The SMILES string of the molecule is C[C@H](C(=O)NC(CO)c1cccc(Cl)c1)N1Cc2sc(Br)cc2C1=O. The van der Waals surface area contributed by atoms with Crippen molar-refractivity contribution in [3.63, 3.8) is 0 Å². The highest BCUT2D eigenvalue weighted by atomic mass is 79.9. The van der Waals surface area contributed by atoms with Crippen LogP contribution in [0.5, 0.6) is 0 Å². The summed E-state index contributed by atoms with van der Waals surface area (Å²) in [7, 11) is 0. The van der Waals surface area contributed by atoms with Crippen LogP contribution in [-0.2, 0) is 11.3 Å². The number of halogens is 2. The van der Waals surface area contributed by atoms with E-state index in [-0.39, 0.29) is 18.4 Å². The van der Waals surface area contributed by atoms with Gasteiger partial charge in [-0.25, -0.2) is 0 Å². The van der Waals surface area contributed by atoms with Gasteiger partial charge in [0.05, 0.1) is 28.5 Å². The van der Waals surface area contributed by atoms with Gasteiger partial charge in [0.2, 0.25) is 5.91 Å². The Morgan fingerprint density at radius 1 is 1.48 bits per heavy atom. The highest BCUT2D eigenvalue weighted by Gasteiger charge is 2.36. The second-order valence-electron chi connectivity index (χ2n) is 5.80. The summed E-state index contributed by atoms with van der Waals surface area (Å²) in [6.45, 7) is 1.85. The van der Waals surface area contributed by atoms with Gasteiger partial charge in [0.1, 0.15) is 6.04 Å². The second kappa shape index (κ2) is 7.45. The zero-order valence-electron chi connectivity index (χ0n) is 13.3. The van der Waals surface area contributed by atoms with Gasteiger partial charge in [0, 0.05) is 9.90 Å². The minimum Gasteiger partial charge on any atom is -0.394 e. The van der Waals surface area contributed by atoms with Crippen LogP contribution in [0.25, 0.3) is 0 Å². The van der Waals surface area contributed by atoms with E-state index in [4.69, 9.17) is 11.6 Å². The number of carbonyl (C=O) groups is 2. The van der Waals surface area contributed by atoms with E-state index in [1.807, 2.05) is 0 Å². The molecule has 2 heterocycles. The lowest BCUT2D eigenvalue weighted by atomic mass is 10.1. The van der Waals surface area contributed by atoms with Crippen molar-refractivity contribution in [3.8, 4) is 0 Å². The molecule has 2 aromatic rings. The van der Waals surface area contributed by atoms with Gasteiger partial charge in [-0.05, 0) is 46.6 Å². The summed E-state index contributed by atoms with van der Waals surface area (Å²) >= 11 is 10.8. The molecule has 1 aromatic carbocycles. The first-order valence-corrected chi connectivity index (χ1v) is 9.65. The Hall–Kier alpha value is -1.41. The lowest BCUT2D eigenvalue weighted by Gasteiger charge is -2.26. The van der Waals surface area contributed by atoms with E-state index < -0.39 is 12.1 Å². The van der Waals surface area contributed by atoms with Gasteiger partial charge in [-0.15, -0.1) is 11.3 Å². The summed E-state index contributed by atoms with van der Waals surface area (Å²) in [6.07, 6.45) is 0. The number of hydrogen-bond donors (Lipinski definition) is 2. The molecule has 132 valence electrons. The molecule has 0 radical (unpaired) electrons. The highest BCUT2D eigenvalue weighted by molar-refractivity contribution is 9.11. The molecule has 0 bridgehead atoms. The topological polar surface area (TPSA) is 69.6 Å². The molecular formula is C17H16BrClN2O3S. The summed E-state index contributed by atoms with van der Waals surface area (Å²) in [6, 6.07) is 7.54. The molecule has 0 saturated heterocycles. The number of benzene rings is 1. The van der Waals surface area contributed by atoms with Crippen molar-refractivity contribution in [2.45, 2.75) is 25.6 Å². The Labute approximate surface area is 162 Å². The predicted octanol–water partition coefficient (Wildman–Crippen LogP) is 3.36. The van der Waals surface area contributed by atoms with Crippen LogP contribution in [0.2, 0.25) is 5.02 Å². The highest BCUT2D eigenvalue weighted by Crippen LogP contribution is 2.34. The Morgan fingerprint density at radius 2 is 2.24 bits per heavy atom. The van der Waals surface area contributed by atoms with Crippen LogP contribution in [0.3, 0.4) is 0 Å². The van der Waals surface area contributed by atoms with Gasteiger partial charge >= 0.3 is 0 Å². The van der Waals surface area contributed by atoms with Crippen molar-refractivity contribution < 1.29 is 14.7 Å². The number of fused-ring (bicyclic) bond motifs is 1. The Bertz CT molecular complexity index is 826. The molecule has 2 N–H and O–H groups in total. The minimum absolute atomic E-state index is 0.150. The number of aliphatic hydroxyl groups excluding tert-OH is 1. The van der Waals surface area contributed by atoms with Crippen LogP contribution in [0.4, 0.5) is 0 Å². The fraction of sp³-hybridized carbons (Fsp3) is 0.294. The molecule has 2 atom stereocenters. The smallest absolute Gasteiger partial charge is 0.256 e. The normalized spacial score (nSPS) is 15.8. The summed E-state index contributed by atoms with van der Waals surface area (Å²) in [5.74, 6) is -0.468. The van der Waals surface area contributed by atoms with Crippen LogP contribution in [0, 0.1) is 0 Å². The summed E-state index contributed by atoms with van der Waals surface area (Å²) in [5.41, 5.74) is 1.36. The number of aliphatic hydroxyl groups is 1. The van der Waals surface area contributed by atoms with E-state index in [0.29, 0.717) is 22.7 Å². The van der Waals surface area contributed by atoms with Crippen LogP contribution < -0.4 is 5.32 Å². The van der Waals surface area contributed by atoms with E-state index in [1.54, 1.807) is 37.3 Å². The van der Waals surface area contributed by atoms with Crippen molar-refractivity contribution in [3.05, 3.63) is 55.1 Å². The number of amides is 2. The third-order valence-electron chi connectivity index (χ3n) is 4.18. The van der Waals surface area contributed by atoms with Gasteiger partial charge in [0.15, 0.2) is 0 Å². The molecule has 0 fully saturated rings. The molecule has 0 aliphatic carbocycles. The van der Waals surface area contributed by atoms with E-state index in [0.717, 1.165) is 8.66 Å². The lowest BCUT2D eigenvalue weighted by molar-refractivity contribution is -0.126. The number of nitrogens with zero attached hydrogens (tertiary/aromatic N) is 1. The molecule has 1 aliphatic rings. The van der Waals surface area contributed by atoms with Crippen molar-refractivity contribution in [1.29, 1.82) is 0 Å². The van der Waals surface area contributed by atoms with Crippen molar-refractivity contribution in [1.82, 2.24) is 10.2 Å². The molecule has 1 aromatic heterocycles. The first-order valence-electron chi connectivity index (χ1n) is 7.66. The number of carbonyl (C=O) groups excluding carboxylic acids is 2.